The van der Waals surface area contributed by atoms with Crippen molar-refractivity contribution >= 4 is 33.1 Å². The number of carboxylic acid groups (broad SMARTS) is 2. The van der Waals surface area contributed by atoms with Gasteiger partial charge in [-0.15, -0.1) is 0 Å². The molecule has 0 aliphatic carbocycles. The van der Waals surface area contributed by atoms with Crippen LogP contribution in [0.2, 0.25) is 0 Å². The Morgan fingerprint density at radius 2 is 1.14 bits per heavy atom. The van der Waals surface area contributed by atoms with Crippen LogP contribution in [0.25, 0.3) is 11.1 Å². The molecule has 2 aromatic rings. The van der Waals surface area contributed by atoms with Gasteiger partial charge in [-0.3, -0.25) is 12.7 Å². The molecular weight excluding hydrogens is 399 g/mol. The number of benzene rings is 2. The smallest absolute Gasteiger partial charge is 0.300 e. The van der Waals surface area contributed by atoms with Gasteiger partial charge in [-0.1, -0.05) is 42.5 Å². The molecular formula is C16H17IO5. The molecule has 0 atom stereocenters. The van der Waals surface area contributed by atoms with Gasteiger partial charge in [0, 0.05) is 17.4 Å². The summed E-state index contributed by atoms with van der Waals surface area (Å²) < 4.78 is 11.6. The fraction of sp³-hybridized carbons (Fsp3) is 0.125. The molecule has 2 N–H and O–H groups in total. The van der Waals surface area contributed by atoms with E-state index in [0.717, 1.165) is 17.4 Å². The number of carbonyl (C=O) groups is 2. The van der Waals surface area contributed by atoms with Crippen LogP contribution in [0.4, 0.5) is 0 Å². The number of halogens is 1. The molecule has 0 heterocycles. The van der Waals surface area contributed by atoms with Gasteiger partial charge >= 0.3 is 0 Å². The van der Waals surface area contributed by atoms with E-state index in [-0.39, 0.29) is 0 Å². The van der Waals surface area contributed by atoms with Crippen LogP contribution in [0.15, 0.2) is 54.6 Å². The third kappa shape index (κ3) is 10.7. The molecule has 0 saturated carbocycles. The summed E-state index contributed by atoms with van der Waals surface area (Å²) in [6.07, 6.45) is 0. The minimum atomic E-state index is -1.02. The van der Waals surface area contributed by atoms with E-state index < -0.39 is 33.1 Å². The van der Waals surface area contributed by atoms with E-state index in [1.165, 1.54) is 11.1 Å². The lowest BCUT2D eigenvalue weighted by molar-refractivity contribution is -0.135. The predicted molar refractivity (Wildman–Crippen MR) is 91.9 cm³/mol. The van der Waals surface area contributed by atoms with E-state index in [9.17, 15) is 3.07 Å². The Morgan fingerprint density at radius 3 is 1.50 bits per heavy atom. The summed E-state index contributed by atoms with van der Waals surface area (Å²) in [5.74, 6) is -1.67. The van der Waals surface area contributed by atoms with Crippen molar-refractivity contribution in [1.29, 1.82) is 0 Å². The van der Waals surface area contributed by atoms with E-state index in [1.54, 1.807) is 0 Å². The van der Waals surface area contributed by atoms with Crippen LogP contribution in [0.1, 0.15) is 13.8 Å². The van der Waals surface area contributed by atoms with Crippen molar-refractivity contribution < 1.29 is 22.9 Å². The maximum absolute atomic E-state index is 10.7. The Labute approximate surface area is 139 Å². The number of hydrogen-bond acceptors (Lipinski definition) is 3. The molecule has 0 aliphatic rings. The van der Waals surface area contributed by atoms with Crippen LogP contribution in [0.5, 0.6) is 0 Å². The molecule has 0 unspecified atom stereocenters. The van der Waals surface area contributed by atoms with Gasteiger partial charge in [0.05, 0.1) is 0 Å². The van der Waals surface area contributed by atoms with Crippen LogP contribution in [-0.2, 0) is 12.7 Å². The molecule has 0 fully saturated rings. The number of aliphatic carboxylic acids is 2. The standard InChI is InChI=1S/C12H9IO.2C2H4O2/c14-13-12-8-6-11(7-9-12)10-4-2-1-3-5-10;2*1-2(3)4/h1-9H;2*1H3,(H,3,4). The van der Waals surface area contributed by atoms with Crippen molar-refractivity contribution in [2.45, 2.75) is 13.8 Å². The van der Waals surface area contributed by atoms with Gasteiger partial charge in [-0.05, 0) is 23.3 Å². The molecule has 0 saturated heterocycles. The maximum Gasteiger partial charge on any atom is 0.300 e. The van der Waals surface area contributed by atoms with Crippen LogP contribution >= 0.6 is 21.2 Å². The topological polar surface area (TPSA) is 91.7 Å². The first-order valence-corrected chi connectivity index (χ1v) is 8.14. The molecule has 0 aromatic heterocycles. The summed E-state index contributed by atoms with van der Waals surface area (Å²) in [7, 11) is 0. The largest absolute Gasteiger partial charge is 0.481 e. The Bertz CT molecular complexity index is 574. The second-order valence-electron chi connectivity index (χ2n) is 3.99. The third-order valence-corrected chi connectivity index (χ3v) is 3.27. The first-order valence-electron chi connectivity index (χ1n) is 6.18. The quantitative estimate of drug-likeness (QED) is 0.722. The molecule has 0 bridgehead atoms. The lowest BCUT2D eigenvalue weighted by Crippen LogP contribution is -1.78. The Kier molecular flexibility index (Phi) is 10.5. The van der Waals surface area contributed by atoms with E-state index in [2.05, 4.69) is 12.1 Å². The summed E-state index contributed by atoms with van der Waals surface area (Å²) in [6, 6.07) is 18.1. The highest BCUT2D eigenvalue weighted by Crippen LogP contribution is 2.20. The average molecular weight is 416 g/mol. The highest BCUT2D eigenvalue weighted by Gasteiger charge is 1.96. The van der Waals surface area contributed by atoms with Crippen molar-refractivity contribution in [2.24, 2.45) is 0 Å². The van der Waals surface area contributed by atoms with Crippen LogP contribution in [-0.4, -0.2) is 22.2 Å². The van der Waals surface area contributed by atoms with Gasteiger partial charge in [-0.2, -0.15) is 0 Å². The minimum Gasteiger partial charge on any atom is -0.481 e. The molecule has 0 spiro atoms. The molecule has 0 radical (unpaired) electrons. The maximum atomic E-state index is 10.7. The van der Waals surface area contributed by atoms with Crippen molar-refractivity contribution in [3.8, 4) is 11.1 Å². The van der Waals surface area contributed by atoms with Crippen LogP contribution in [0, 0.1) is 3.57 Å². The lowest BCUT2D eigenvalue weighted by atomic mass is 10.1. The fourth-order valence-corrected chi connectivity index (χ4v) is 1.98. The molecule has 22 heavy (non-hydrogen) atoms. The summed E-state index contributed by atoms with van der Waals surface area (Å²) in [6.45, 7) is 2.17. The van der Waals surface area contributed by atoms with Crippen LogP contribution in [0.3, 0.4) is 0 Å². The highest BCUT2D eigenvalue weighted by atomic mass is 127. The summed E-state index contributed by atoms with van der Waals surface area (Å²) in [5.41, 5.74) is 2.37. The molecule has 118 valence electrons. The molecule has 6 heteroatoms. The zero-order valence-electron chi connectivity index (χ0n) is 12.2. The minimum absolute atomic E-state index is 0.833. The van der Waals surface area contributed by atoms with Gasteiger partial charge in [0.15, 0.2) is 21.2 Å². The average Bonchev–Trinajstić information content (AvgIpc) is 2.47. The normalized spacial score (nSPS) is 8.64. The molecule has 5 nitrogen and oxygen atoms in total. The predicted octanol–water partition coefficient (Wildman–Crippen LogP) is 4.02. The van der Waals surface area contributed by atoms with Gasteiger partial charge in [-0.25, -0.2) is 0 Å². The highest BCUT2D eigenvalue weighted by molar-refractivity contribution is 14.1. The SMILES string of the molecule is CC(=O)O.CC(=O)O.O=Ic1ccc(-c2ccccc2)cc1. The first kappa shape index (κ1) is 19.9. The second-order valence-corrected chi connectivity index (χ2v) is 5.67. The molecule has 0 amide bonds. The van der Waals surface area contributed by atoms with Crippen molar-refractivity contribution in [2.75, 3.05) is 0 Å². The van der Waals surface area contributed by atoms with E-state index >= 15 is 0 Å². The zero-order chi connectivity index (χ0) is 17.0. The van der Waals surface area contributed by atoms with Gasteiger partial charge in [0.25, 0.3) is 11.9 Å². The van der Waals surface area contributed by atoms with Gasteiger partial charge in [0.2, 0.25) is 0 Å². The monoisotopic (exact) mass is 416 g/mol. The summed E-state index contributed by atoms with van der Waals surface area (Å²) >= 11 is -1.02. The second kappa shape index (κ2) is 11.6. The molecule has 2 aromatic carbocycles. The van der Waals surface area contributed by atoms with E-state index in [0.29, 0.717) is 0 Å². The van der Waals surface area contributed by atoms with E-state index in [4.69, 9.17) is 19.8 Å². The molecule has 2 rings (SSSR count). The summed E-state index contributed by atoms with van der Waals surface area (Å²) in [4.78, 5) is 18.0. The van der Waals surface area contributed by atoms with Gasteiger partial charge in [0.1, 0.15) is 0 Å². The molecule has 0 aliphatic heterocycles. The van der Waals surface area contributed by atoms with Crippen molar-refractivity contribution in [3.63, 3.8) is 0 Å². The summed E-state index contributed by atoms with van der Waals surface area (Å²) in [5, 5.41) is 14.8. The Morgan fingerprint density at radius 1 is 0.773 bits per heavy atom. The number of carboxylic acids is 2. The fourth-order valence-electron chi connectivity index (χ4n) is 1.32. The lowest BCUT2D eigenvalue weighted by Gasteiger charge is -2.00. The Hall–Kier alpha value is -2.09. The van der Waals surface area contributed by atoms with Crippen LogP contribution < -0.4 is 0 Å². The van der Waals surface area contributed by atoms with Crippen molar-refractivity contribution in [3.05, 3.63) is 58.2 Å². The third-order valence-electron chi connectivity index (χ3n) is 2.04. The number of hydrogen-bond donors (Lipinski definition) is 2. The Balaban J connectivity index is 0.000000464. The first-order chi connectivity index (χ1) is 10.4. The number of rotatable bonds is 2. The van der Waals surface area contributed by atoms with Gasteiger partial charge < -0.3 is 10.2 Å². The van der Waals surface area contributed by atoms with E-state index in [1.807, 2.05) is 42.5 Å². The zero-order valence-corrected chi connectivity index (χ0v) is 14.4. The van der Waals surface area contributed by atoms with Crippen molar-refractivity contribution in [1.82, 2.24) is 0 Å².